The Hall–Kier alpha value is -3.01. The zero-order valence-corrected chi connectivity index (χ0v) is 18.1. The SMILES string of the molecule is Cn1c(=O)c2c(SCC(=O)Nc3ccccc3F)nc(C(C)(C)C)nc2n(C)c1=O. The number of aryl methyl sites for hydroxylation is 1. The molecule has 0 aliphatic carbocycles. The van der Waals surface area contributed by atoms with Crippen LogP contribution >= 0.6 is 11.8 Å². The minimum Gasteiger partial charge on any atom is -0.323 e. The second-order valence-corrected chi connectivity index (χ2v) is 8.79. The molecule has 0 saturated carbocycles. The maximum atomic E-state index is 13.8. The van der Waals surface area contributed by atoms with Gasteiger partial charge >= 0.3 is 5.69 Å². The van der Waals surface area contributed by atoms with Crippen LogP contribution in [0.4, 0.5) is 10.1 Å². The molecule has 0 saturated heterocycles. The van der Waals surface area contributed by atoms with Gasteiger partial charge in [0, 0.05) is 19.5 Å². The number of benzene rings is 1. The number of carbonyl (C=O) groups excluding carboxylic acids is 1. The molecule has 0 bridgehead atoms. The fourth-order valence-electron chi connectivity index (χ4n) is 2.75. The lowest BCUT2D eigenvalue weighted by molar-refractivity contribution is -0.113. The summed E-state index contributed by atoms with van der Waals surface area (Å²) in [5.41, 5.74) is -1.20. The van der Waals surface area contributed by atoms with Gasteiger partial charge in [-0.1, -0.05) is 44.7 Å². The van der Waals surface area contributed by atoms with Crippen molar-refractivity contribution < 1.29 is 9.18 Å². The summed E-state index contributed by atoms with van der Waals surface area (Å²) in [6, 6.07) is 5.85. The number of carbonyl (C=O) groups is 1. The molecule has 8 nitrogen and oxygen atoms in total. The van der Waals surface area contributed by atoms with Crippen molar-refractivity contribution in [3.8, 4) is 0 Å². The number of thioether (sulfide) groups is 1. The van der Waals surface area contributed by atoms with Crippen LogP contribution in [-0.2, 0) is 24.3 Å². The molecule has 0 aliphatic heterocycles. The molecule has 2 aromatic heterocycles. The van der Waals surface area contributed by atoms with Gasteiger partial charge < -0.3 is 5.32 Å². The van der Waals surface area contributed by atoms with Gasteiger partial charge in [-0.05, 0) is 12.1 Å². The van der Waals surface area contributed by atoms with E-state index in [1.165, 1.54) is 36.9 Å². The second kappa shape index (κ2) is 8.02. The highest BCUT2D eigenvalue weighted by atomic mass is 32.2. The highest BCUT2D eigenvalue weighted by Crippen LogP contribution is 2.27. The number of halogens is 1. The number of hydrogen-bond donors (Lipinski definition) is 1. The Morgan fingerprint density at radius 1 is 1.13 bits per heavy atom. The zero-order chi connectivity index (χ0) is 22.2. The molecule has 2 heterocycles. The first-order valence-electron chi connectivity index (χ1n) is 9.16. The maximum absolute atomic E-state index is 13.8. The molecule has 0 radical (unpaired) electrons. The van der Waals surface area contributed by atoms with E-state index in [1.807, 2.05) is 20.8 Å². The Balaban J connectivity index is 2.04. The number of anilines is 1. The smallest absolute Gasteiger partial charge is 0.323 e. The Morgan fingerprint density at radius 3 is 2.43 bits per heavy atom. The highest BCUT2D eigenvalue weighted by Gasteiger charge is 2.24. The molecule has 0 spiro atoms. The molecular weight excluding hydrogens is 409 g/mol. The Bertz CT molecular complexity index is 1260. The third-order valence-electron chi connectivity index (χ3n) is 4.43. The number of amides is 1. The molecule has 158 valence electrons. The van der Waals surface area contributed by atoms with E-state index in [1.54, 1.807) is 6.07 Å². The van der Waals surface area contributed by atoms with E-state index in [4.69, 9.17) is 0 Å². The summed E-state index contributed by atoms with van der Waals surface area (Å²) in [6.45, 7) is 5.73. The van der Waals surface area contributed by atoms with Gasteiger partial charge in [0.15, 0.2) is 5.65 Å². The van der Waals surface area contributed by atoms with Crippen molar-refractivity contribution >= 4 is 34.4 Å². The van der Waals surface area contributed by atoms with Gasteiger partial charge in [0.1, 0.15) is 22.1 Å². The lowest BCUT2D eigenvalue weighted by Crippen LogP contribution is -2.38. The Kier molecular flexibility index (Phi) is 5.80. The maximum Gasteiger partial charge on any atom is 0.332 e. The summed E-state index contributed by atoms with van der Waals surface area (Å²) in [5.74, 6) is -0.649. The molecular formula is C20H22FN5O3S. The third kappa shape index (κ3) is 4.13. The van der Waals surface area contributed by atoms with Crippen molar-refractivity contribution in [2.75, 3.05) is 11.1 Å². The van der Waals surface area contributed by atoms with Gasteiger partial charge in [-0.25, -0.2) is 19.2 Å². The van der Waals surface area contributed by atoms with Gasteiger partial charge in [-0.2, -0.15) is 0 Å². The number of nitrogens with zero attached hydrogens (tertiary/aromatic N) is 4. The van der Waals surface area contributed by atoms with Crippen molar-refractivity contribution in [3.05, 3.63) is 56.7 Å². The van der Waals surface area contributed by atoms with Crippen LogP contribution in [0.5, 0.6) is 0 Å². The van der Waals surface area contributed by atoms with E-state index in [9.17, 15) is 18.8 Å². The van der Waals surface area contributed by atoms with Gasteiger partial charge in [-0.15, -0.1) is 0 Å². The highest BCUT2D eigenvalue weighted by molar-refractivity contribution is 8.00. The fourth-order valence-corrected chi connectivity index (χ4v) is 3.57. The molecule has 1 amide bonds. The van der Waals surface area contributed by atoms with E-state index in [0.717, 1.165) is 16.3 Å². The van der Waals surface area contributed by atoms with Crippen LogP contribution in [0.2, 0.25) is 0 Å². The number of hydrogen-bond acceptors (Lipinski definition) is 6. The predicted molar refractivity (Wildman–Crippen MR) is 114 cm³/mol. The van der Waals surface area contributed by atoms with Crippen molar-refractivity contribution in [2.24, 2.45) is 14.1 Å². The molecule has 10 heteroatoms. The second-order valence-electron chi connectivity index (χ2n) is 7.82. The normalized spacial score (nSPS) is 11.7. The molecule has 3 aromatic rings. The Labute approximate surface area is 176 Å². The topological polar surface area (TPSA) is 98.9 Å². The summed E-state index contributed by atoms with van der Waals surface area (Å²) in [5, 5.41) is 2.96. The Morgan fingerprint density at radius 2 is 1.80 bits per heavy atom. The van der Waals surface area contributed by atoms with Crippen LogP contribution in [-0.4, -0.2) is 30.8 Å². The van der Waals surface area contributed by atoms with Crippen LogP contribution in [0.3, 0.4) is 0 Å². The van der Waals surface area contributed by atoms with E-state index in [0.29, 0.717) is 10.9 Å². The molecule has 30 heavy (non-hydrogen) atoms. The number of nitrogens with one attached hydrogen (secondary N) is 1. The molecule has 1 aromatic carbocycles. The van der Waals surface area contributed by atoms with Crippen molar-refractivity contribution in [1.29, 1.82) is 0 Å². The van der Waals surface area contributed by atoms with Crippen molar-refractivity contribution in [1.82, 2.24) is 19.1 Å². The largest absolute Gasteiger partial charge is 0.332 e. The molecule has 0 atom stereocenters. The molecule has 0 aliphatic rings. The van der Waals surface area contributed by atoms with Crippen molar-refractivity contribution in [2.45, 2.75) is 31.2 Å². The summed E-state index contributed by atoms with van der Waals surface area (Å²) in [6.07, 6.45) is 0. The average Bonchev–Trinajstić information content (AvgIpc) is 2.69. The number of aromatic nitrogens is 4. The van der Waals surface area contributed by atoms with Gasteiger partial charge in [0.05, 0.1) is 11.4 Å². The van der Waals surface area contributed by atoms with E-state index in [-0.39, 0.29) is 22.5 Å². The van der Waals surface area contributed by atoms with Crippen molar-refractivity contribution in [3.63, 3.8) is 0 Å². The minimum absolute atomic E-state index is 0.0735. The summed E-state index contributed by atoms with van der Waals surface area (Å²) < 4.78 is 16.0. The molecule has 3 rings (SSSR count). The number of fused-ring (bicyclic) bond motifs is 1. The van der Waals surface area contributed by atoms with Crippen LogP contribution in [0.25, 0.3) is 11.0 Å². The van der Waals surface area contributed by atoms with Gasteiger partial charge in [0.2, 0.25) is 5.91 Å². The molecule has 0 unspecified atom stereocenters. The molecule has 1 N–H and O–H groups in total. The van der Waals surface area contributed by atoms with E-state index in [2.05, 4.69) is 15.3 Å². The first-order valence-corrected chi connectivity index (χ1v) is 10.1. The van der Waals surface area contributed by atoms with Crippen LogP contribution in [0, 0.1) is 5.82 Å². The monoisotopic (exact) mass is 431 g/mol. The van der Waals surface area contributed by atoms with E-state index >= 15 is 0 Å². The number of para-hydroxylation sites is 1. The summed E-state index contributed by atoms with van der Waals surface area (Å²) in [4.78, 5) is 46.4. The predicted octanol–water partition coefficient (Wildman–Crippen LogP) is 2.19. The summed E-state index contributed by atoms with van der Waals surface area (Å²) >= 11 is 1.04. The van der Waals surface area contributed by atoms with Crippen LogP contribution < -0.4 is 16.6 Å². The third-order valence-corrected chi connectivity index (χ3v) is 5.40. The average molecular weight is 431 g/mol. The zero-order valence-electron chi connectivity index (χ0n) is 17.3. The fraction of sp³-hybridized carbons (Fsp3) is 0.350. The number of rotatable bonds is 4. The van der Waals surface area contributed by atoms with Crippen LogP contribution in [0.1, 0.15) is 26.6 Å². The van der Waals surface area contributed by atoms with Crippen LogP contribution in [0.15, 0.2) is 38.9 Å². The quantitative estimate of drug-likeness (QED) is 0.502. The first-order chi connectivity index (χ1) is 14.0. The van der Waals surface area contributed by atoms with E-state index < -0.39 is 28.4 Å². The van der Waals surface area contributed by atoms with Gasteiger partial charge in [-0.3, -0.25) is 18.7 Å². The minimum atomic E-state index is -0.540. The lowest BCUT2D eigenvalue weighted by Gasteiger charge is -2.19. The molecule has 0 fully saturated rings. The standard InChI is InChI=1S/C20H22FN5O3S/c1-20(2,3)18-23-15-14(17(28)26(5)19(29)25(15)4)16(24-18)30-10-13(27)22-12-9-7-6-8-11(12)21/h6-9H,10H2,1-5H3,(H,22,27). The first kappa shape index (κ1) is 21.7. The summed E-state index contributed by atoms with van der Waals surface area (Å²) in [7, 11) is 2.91. The van der Waals surface area contributed by atoms with Gasteiger partial charge in [0.25, 0.3) is 5.56 Å². The lowest BCUT2D eigenvalue weighted by atomic mass is 9.96.